The topological polar surface area (TPSA) is 84.2 Å². The van der Waals surface area contributed by atoms with Gasteiger partial charge in [0.2, 0.25) is 11.8 Å². The van der Waals surface area contributed by atoms with E-state index in [0.29, 0.717) is 18.9 Å². The molecule has 0 aromatic rings. The summed E-state index contributed by atoms with van der Waals surface area (Å²) in [5, 5.41) is 5.50. The van der Waals surface area contributed by atoms with E-state index in [1.165, 1.54) is 0 Å². The molecule has 2 atom stereocenters. The maximum atomic E-state index is 11.8. The quantitative estimate of drug-likeness (QED) is 0.566. The zero-order chi connectivity index (χ0) is 11.1. The Hall–Kier alpha value is -1.10. The molecule has 1 aliphatic carbocycles. The second-order valence-electron chi connectivity index (χ2n) is 4.74. The van der Waals surface area contributed by atoms with Crippen LogP contribution in [-0.4, -0.2) is 29.9 Å². The zero-order valence-corrected chi connectivity index (χ0v) is 8.88. The van der Waals surface area contributed by atoms with E-state index in [-0.39, 0.29) is 17.9 Å². The summed E-state index contributed by atoms with van der Waals surface area (Å²) >= 11 is 0. The Morgan fingerprint density at radius 1 is 1.60 bits per heavy atom. The van der Waals surface area contributed by atoms with Gasteiger partial charge in [-0.05, 0) is 25.7 Å². The van der Waals surface area contributed by atoms with Crippen molar-refractivity contribution in [3.8, 4) is 0 Å². The normalized spacial score (nSPS) is 29.5. The molecule has 1 heterocycles. The molecule has 84 valence electrons. The maximum absolute atomic E-state index is 11.8. The fourth-order valence-corrected chi connectivity index (χ4v) is 1.92. The molecule has 1 saturated carbocycles. The van der Waals surface area contributed by atoms with E-state index < -0.39 is 5.54 Å². The summed E-state index contributed by atoms with van der Waals surface area (Å²) in [5.41, 5.74) is 5.19. The first kappa shape index (κ1) is 10.4. The number of carbonyl (C=O) groups is 2. The summed E-state index contributed by atoms with van der Waals surface area (Å²) in [6.07, 6.45) is 2.43. The smallest absolute Gasteiger partial charge is 0.240 e. The average Bonchev–Trinajstić information content (AvgIpc) is 2.92. The fourth-order valence-electron chi connectivity index (χ4n) is 1.92. The van der Waals surface area contributed by atoms with E-state index >= 15 is 0 Å². The van der Waals surface area contributed by atoms with Gasteiger partial charge >= 0.3 is 0 Å². The highest BCUT2D eigenvalue weighted by molar-refractivity contribution is 5.88. The van der Waals surface area contributed by atoms with Gasteiger partial charge in [0.25, 0.3) is 0 Å². The number of nitrogens with two attached hydrogens (primary N) is 1. The van der Waals surface area contributed by atoms with Crippen LogP contribution in [0.3, 0.4) is 0 Å². The lowest BCUT2D eigenvalue weighted by atomic mass is 9.96. The summed E-state index contributed by atoms with van der Waals surface area (Å²) in [5.74, 6) is 0.166. The van der Waals surface area contributed by atoms with Crippen molar-refractivity contribution < 1.29 is 9.59 Å². The summed E-state index contributed by atoms with van der Waals surface area (Å²) in [4.78, 5) is 22.8. The minimum absolute atomic E-state index is 0.00885. The average molecular weight is 211 g/mol. The third kappa shape index (κ3) is 2.12. The Bertz CT molecular complexity index is 297. The molecule has 2 unspecified atom stereocenters. The third-order valence-electron chi connectivity index (χ3n) is 3.23. The molecular weight excluding hydrogens is 194 g/mol. The fraction of sp³-hybridized carbons (Fsp3) is 0.800. The first-order chi connectivity index (χ1) is 7.00. The second kappa shape index (κ2) is 3.48. The summed E-state index contributed by atoms with van der Waals surface area (Å²) in [6.45, 7) is 2.29. The molecule has 1 saturated heterocycles. The lowest BCUT2D eigenvalue weighted by Crippen LogP contribution is -2.56. The van der Waals surface area contributed by atoms with Gasteiger partial charge in [-0.2, -0.15) is 0 Å². The largest absolute Gasteiger partial charge is 0.354 e. The number of hydrogen-bond donors (Lipinski definition) is 3. The van der Waals surface area contributed by atoms with Gasteiger partial charge in [0.1, 0.15) is 0 Å². The van der Waals surface area contributed by atoms with Crippen molar-refractivity contribution in [3.05, 3.63) is 0 Å². The van der Waals surface area contributed by atoms with E-state index in [2.05, 4.69) is 10.6 Å². The molecular formula is C10H17N3O2. The van der Waals surface area contributed by atoms with Crippen molar-refractivity contribution in [2.45, 2.75) is 37.8 Å². The molecule has 0 spiro atoms. The van der Waals surface area contributed by atoms with Gasteiger partial charge in [-0.1, -0.05) is 0 Å². The van der Waals surface area contributed by atoms with Gasteiger partial charge < -0.3 is 16.4 Å². The molecule has 2 amide bonds. The van der Waals surface area contributed by atoms with E-state index in [4.69, 9.17) is 5.73 Å². The van der Waals surface area contributed by atoms with Crippen LogP contribution in [0.2, 0.25) is 0 Å². The van der Waals surface area contributed by atoms with Crippen molar-refractivity contribution in [1.29, 1.82) is 0 Å². The van der Waals surface area contributed by atoms with Crippen molar-refractivity contribution in [1.82, 2.24) is 10.6 Å². The molecule has 0 aromatic heterocycles. The maximum Gasteiger partial charge on any atom is 0.240 e. The Morgan fingerprint density at radius 2 is 2.27 bits per heavy atom. The van der Waals surface area contributed by atoms with Crippen molar-refractivity contribution in [2.24, 2.45) is 11.7 Å². The lowest BCUT2D eigenvalue weighted by Gasteiger charge is -2.25. The highest BCUT2D eigenvalue weighted by Crippen LogP contribution is 2.38. The van der Waals surface area contributed by atoms with Gasteiger partial charge in [0.15, 0.2) is 0 Å². The molecule has 1 aliphatic heterocycles. The molecule has 0 radical (unpaired) electrons. The zero-order valence-electron chi connectivity index (χ0n) is 8.88. The van der Waals surface area contributed by atoms with Crippen LogP contribution in [0.1, 0.15) is 26.2 Å². The Morgan fingerprint density at radius 3 is 2.73 bits per heavy atom. The Kier molecular flexibility index (Phi) is 2.42. The van der Waals surface area contributed by atoms with Gasteiger partial charge in [0, 0.05) is 13.0 Å². The molecule has 0 bridgehead atoms. The Labute approximate surface area is 88.8 Å². The predicted molar refractivity (Wildman–Crippen MR) is 54.9 cm³/mol. The molecule has 0 aromatic carbocycles. The highest BCUT2D eigenvalue weighted by Gasteiger charge is 2.44. The summed E-state index contributed by atoms with van der Waals surface area (Å²) < 4.78 is 0. The molecule has 5 nitrogen and oxygen atoms in total. The molecule has 2 aliphatic rings. The van der Waals surface area contributed by atoms with Crippen LogP contribution in [0.4, 0.5) is 0 Å². The molecule has 5 heteroatoms. The van der Waals surface area contributed by atoms with Gasteiger partial charge in [-0.3, -0.25) is 9.59 Å². The number of amides is 2. The van der Waals surface area contributed by atoms with Crippen LogP contribution in [0, 0.1) is 5.92 Å². The van der Waals surface area contributed by atoms with E-state index in [9.17, 15) is 9.59 Å². The SMILES string of the molecule is CC(N)(C(=O)NC1CNC(=O)C1)C1CC1. The van der Waals surface area contributed by atoms with Crippen LogP contribution in [-0.2, 0) is 9.59 Å². The van der Waals surface area contributed by atoms with Crippen LogP contribution in [0.15, 0.2) is 0 Å². The van der Waals surface area contributed by atoms with Gasteiger partial charge in [0.05, 0.1) is 11.6 Å². The first-order valence-corrected chi connectivity index (χ1v) is 5.36. The second-order valence-corrected chi connectivity index (χ2v) is 4.74. The third-order valence-corrected chi connectivity index (χ3v) is 3.23. The number of hydrogen-bond acceptors (Lipinski definition) is 3. The standard InChI is InChI=1S/C10H17N3O2/c1-10(11,6-2-3-6)9(15)13-7-4-8(14)12-5-7/h6-7H,2-5,11H2,1H3,(H,12,14)(H,13,15). The van der Waals surface area contributed by atoms with Crippen LogP contribution < -0.4 is 16.4 Å². The van der Waals surface area contributed by atoms with E-state index in [0.717, 1.165) is 12.8 Å². The minimum Gasteiger partial charge on any atom is -0.354 e. The first-order valence-electron chi connectivity index (χ1n) is 5.36. The summed E-state index contributed by atoms with van der Waals surface area (Å²) in [6, 6.07) is -0.0911. The highest BCUT2D eigenvalue weighted by atomic mass is 16.2. The van der Waals surface area contributed by atoms with Crippen molar-refractivity contribution in [2.75, 3.05) is 6.54 Å². The lowest BCUT2D eigenvalue weighted by molar-refractivity contribution is -0.127. The number of carbonyl (C=O) groups excluding carboxylic acids is 2. The van der Waals surface area contributed by atoms with Gasteiger partial charge in [-0.15, -0.1) is 0 Å². The van der Waals surface area contributed by atoms with Crippen molar-refractivity contribution >= 4 is 11.8 Å². The number of nitrogens with one attached hydrogen (secondary N) is 2. The van der Waals surface area contributed by atoms with E-state index in [1.807, 2.05) is 0 Å². The summed E-state index contributed by atoms with van der Waals surface area (Å²) in [7, 11) is 0. The minimum atomic E-state index is -0.772. The van der Waals surface area contributed by atoms with Gasteiger partial charge in [-0.25, -0.2) is 0 Å². The van der Waals surface area contributed by atoms with Crippen LogP contribution in [0.5, 0.6) is 0 Å². The monoisotopic (exact) mass is 211 g/mol. The molecule has 15 heavy (non-hydrogen) atoms. The molecule has 2 rings (SSSR count). The Balaban J connectivity index is 1.88. The molecule has 4 N–H and O–H groups in total. The van der Waals surface area contributed by atoms with Crippen molar-refractivity contribution in [3.63, 3.8) is 0 Å². The number of rotatable bonds is 3. The van der Waals surface area contributed by atoms with Crippen LogP contribution in [0.25, 0.3) is 0 Å². The molecule has 2 fully saturated rings. The van der Waals surface area contributed by atoms with Crippen LogP contribution >= 0.6 is 0 Å². The predicted octanol–water partition coefficient (Wildman–Crippen LogP) is -0.881. The van der Waals surface area contributed by atoms with E-state index in [1.54, 1.807) is 6.92 Å².